The number of carbonyl (C=O) groups is 3. The smallest absolute Gasteiger partial charge is 0.266 e. The van der Waals surface area contributed by atoms with E-state index in [4.69, 9.17) is 21.7 Å². The van der Waals surface area contributed by atoms with Crippen LogP contribution in [-0.4, -0.2) is 47.3 Å². The maximum atomic E-state index is 12.7. The van der Waals surface area contributed by atoms with E-state index in [0.29, 0.717) is 17.1 Å². The first-order chi connectivity index (χ1) is 12.8. The van der Waals surface area contributed by atoms with Gasteiger partial charge in [0, 0.05) is 17.6 Å². The molecule has 144 valence electrons. The van der Waals surface area contributed by atoms with E-state index < -0.39 is 30.3 Å². The monoisotopic (exact) mass is 409 g/mol. The Morgan fingerprint density at radius 2 is 2.00 bits per heavy atom. The second-order valence-electron chi connectivity index (χ2n) is 5.41. The van der Waals surface area contributed by atoms with E-state index in [1.165, 1.54) is 20.3 Å². The fourth-order valence-corrected chi connectivity index (χ4v) is 3.78. The van der Waals surface area contributed by atoms with E-state index in [-0.39, 0.29) is 15.6 Å². The van der Waals surface area contributed by atoms with Gasteiger partial charge >= 0.3 is 0 Å². The molecule has 8 nitrogen and oxygen atoms in total. The summed E-state index contributed by atoms with van der Waals surface area (Å²) in [7, 11) is 2.97. The number of hydrogen-bond acceptors (Lipinski definition) is 9. The molecule has 0 unspecified atom stereocenters. The average molecular weight is 409 g/mol. The molecular weight excluding hydrogens is 394 g/mol. The molecule has 0 aromatic heterocycles. The van der Waals surface area contributed by atoms with Gasteiger partial charge in [0.15, 0.2) is 0 Å². The first-order valence-corrected chi connectivity index (χ1v) is 8.90. The predicted octanol–water partition coefficient (Wildman–Crippen LogP) is -0.446. The lowest BCUT2D eigenvalue weighted by Gasteiger charge is -2.27. The second-order valence-corrected chi connectivity index (χ2v) is 7.08. The van der Waals surface area contributed by atoms with Crippen LogP contribution in [0.2, 0.25) is 0 Å². The maximum Gasteiger partial charge on any atom is 0.266 e. The van der Waals surface area contributed by atoms with Gasteiger partial charge < -0.3 is 29.3 Å². The van der Waals surface area contributed by atoms with Gasteiger partial charge in [0.25, 0.3) is 5.91 Å². The fourth-order valence-electron chi connectivity index (χ4n) is 2.43. The number of ether oxygens (including phenoxy) is 2. The fraction of sp³-hybridized carbons (Fsp3) is 0.294. The van der Waals surface area contributed by atoms with E-state index in [9.17, 15) is 24.6 Å². The number of carboxylic acids is 2. The topological polar surface area (TPSA) is 119 Å². The number of thiocarbonyl (C=S) groups is 1. The zero-order chi connectivity index (χ0) is 20.1. The summed E-state index contributed by atoms with van der Waals surface area (Å²) in [6.45, 7) is 0. The third kappa shape index (κ3) is 4.77. The van der Waals surface area contributed by atoms with Gasteiger partial charge in [-0.1, -0.05) is 24.0 Å². The standard InChI is InChI=1S/C17H17NO7S2/c1-24-10-4-3-9(12(8-10)25-2)7-13-15(21)18(17(26)27-13)11(16(22)23)5-6-14(19)20/h3-4,7-8,11H,5-6H2,1-2H3,(H,19,20)(H,22,23)/p-2/b13-7-/t11-/m1/s1. The first-order valence-electron chi connectivity index (χ1n) is 7.68. The molecule has 0 saturated carbocycles. The van der Waals surface area contributed by atoms with Crippen LogP contribution in [-0.2, 0) is 14.4 Å². The minimum atomic E-state index is -1.59. The van der Waals surface area contributed by atoms with E-state index in [0.717, 1.165) is 16.7 Å². The highest BCUT2D eigenvalue weighted by atomic mass is 32.2. The lowest BCUT2D eigenvalue weighted by molar-refractivity contribution is -0.311. The van der Waals surface area contributed by atoms with Crippen LogP contribution in [0.1, 0.15) is 18.4 Å². The number of hydrogen-bond donors (Lipinski definition) is 0. The molecule has 0 N–H and O–H groups in total. The summed E-state index contributed by atoms with van der Waals surface area (Å²) in [5.41, 5.74) is 0.568. The Balaban J connectivity index is 2.33. The van der Waals surface area contributed by atoms with Crippen molar-refractivity contribution in [2.75, 3.05) is 14.2 Å². The Morgan fingerprint density at radius 3 is 2.56 bits per heavy atom. The molecule has 1 aliphatic heterocycles. The van der Waals surface area contributed by atoms with Crippen LogP contribution >= 0.6 is 24.0 Å². The van der Waals surface area contributed by atoms with E-state index in [1.54, 1.807) is 18.2 Å². The number of methoxy groups -OCH3 is 2. The molecule has 0 aliphatic carbocycles. The number of benzene rings is 1. The maximum absolute atomic E-state index is 12.7. The lowest BCUT2D eigenvalue weighted by Crippen LogP contribution is -2.50. The predicted molar refractivity (Wildman–Crippen MR) is 97.6 cm³/mol. The Kier molecular flexibility index (Phi) is 6.81. The van der Waals surface area contributed by atoms with Crippen molar-refractivity contribution in [3.8, 4) is 11.5 Å². The quantitative estimate of drug-likeness (QED) is 0.415. The minimum Gasteiger partial charge on any atom is -0.550 e. The summed E-state index contributed by atoms with van der Waals surface area (Å²) < 4.78 is 10.4. The molecule has 1 atom stereocenters. The molecule has 0 radical (unpaired) electrons. The highest BCUT2D eigenvalue weighted by Crippen LogP contribution is 2.36. The molecule has 10 heteroatoms. The van der Waals surface area contributed by atoms with Crippen molar-refractivity contribution in [3.63, 3.8) is 0 Å². The van der Waals surface area contributed by atoms with Crippen molar-refractivity contribution < 1.29 is 34.1 Å². The van der Waals surface area contributed by atoms with Crippen LogP contribution in [0.4, 0.5) is 0 Å². The van der Waals surface area contributed by atoms with E-state index in [1.807, 2.05) is 0 Å². The number of amides is 1. The summed E-state index contributed by atoms with van der Waals surface area (Å²) >= 11 is 6.02. The molecular formula is C17H15NO7S2-2. The molecule has 1 aliphatic rings. The van der Waals surface area contributed by atoms with Gasteiger partial charge in [0.1, 0.15) is 15.8 Å². The van der Waals surface area contributed by atoms with Crippen LogP contribution in [0.5, 0.6) is 11.5 Å². The van der Waals surface area contributed by atoms with Gasteiger partial charge in [-0.2, -0.15) is 0 Å². The molecule has 1 heterocycles. The lowest BCUT2D eigenvalue weighted by atomic mass is 10.1. The van der Waals surface area contributed by atoms with Crippen molar-refractivity contribution in [1.29, 1.82) is 0 Å². The van der Waals surface area contributed by atoms with Crippen LogP contribution in [0.3, 0.4) is 0 Å². The average Bonchev–Trinajstić information content (AvgIpc) is 2.89. The summed E-state index contributed by atoms with van der Waals surface area (Å²) in [5, 5.41) is 22.0. The van der Waals surface area contributed by atoms with Gasteiger partial charge in [0.2, 0.25) is 0 Å². The summed E-state index contributed by atoms with van der Waals surface area (Å²) in [6, 6.07) is 3.50. The Bertz CT molecular complexity index is 821. The molecule has 1 aromatic carbocycles. The van der Waals surface area contributed by atoms with Crippen molar-refractivity contribution >= 4 is 52.2 Å². The van der Waals surface area contributed by atoms with Gasteiger partial charge in [-0.05, 0) is 31.1 Å². The zero-order valence-corrected chi connectivity index (χ0v) is 16.1. The minimum absolute atomic E-state index is 0.00581. The van der Waals surface area contributed by atoms with Gasteiger partial charge in [0.05, 0.1) is 31.1 Å². The van der Waals surface area contributed by atoms with Crippen molar-refractivity contribution in [2.45, 2.75) is 18.9 Å². The van der Waals surface area contributed by atoms with Crippen LogP contribution in [0, 0.1) is 0 Å². The largest absolute Gasteiger partial charge is 0.550 e. The van der Waals surface area contributed by atoms with Crippen molar-refractivity contribution in [1.82, 2.24) is 4.90 Å². The Labute approximate surface area is 164 Å². The molecule has 0 spiro atoms. The van der Waals surface area contributed by atoms with Crippen LogP contribution in [0.15, 0.2) is 23.1 Å². The molecule has 1 amide bonds. The molecule has 2 rings (SSSR count). The Morgan fingerprint density at radius 1 is 1.30 bits per heavy atom. The van der Waals surface area contributed by atoms with Crippen LogP contribution < -0.4 is 19.7 Å². The van der Waals surface area contributed by atoms with Crippen molar-refractivity contribution in [3.05, 3.63) is 28.7 Å². The summed E-state index contributed by atoms with van der Waals surface area (Å²) in [6.07, 6.45) is 0.611. The van der Waals surface area contributed by atoms with Gasteiger partial charge in [-0.3, -0.25) is 9.69 Å². The number of rotatable bonds is 8. The van der Waals surface area contributed by atoms with Crippen LogP contribution in [0.25, 0.3) is 6.08 Å². The van der Waals surface area contributed by atoms with Gasteiger partial charge in [-0.15, -0.1) is 0 Å². The first kappa shape index (κ1) is 20.7. The van der Waals surface area contributed by atoms with E-state index in [2.05, 4.69) is 0 Å². The Hall–Kier alpha value is -2.59. The number of carbonyl (C=O) groups excluding carboxylic acids is 3. The zero-order valence-electron chi connectivity index (χ0n) is 14.4. The highest BCUT2D eigenvalue weighted by Gasteiger charge is 2.37. The third-order valence-electron chi connectivity index (χ3n) is 3.76. The number of nitrogens with zero attached hydrogens (tertiary/aromatic N) is 1. The summed E-state index contributed by atoms with van der Waals surface area (Å²) in [5.74, 6) is -2.64. The second kappa shape index (κ2) is 8.87. The van der Waals surface area contributed by atoms with Gasteiger partial charge in [-0.25, -0.2) is 0 Å². The molecule has 0 bridgehead atoms. The number of aliphatic carboxylic acids is 2. The number of thioether (sulfide) groups is 1. The SMILES string of the molecule is COc1ccc(/C=C2\SC(=S)N([C@H](CCC(=O)[O-])C(=O)[O-])C2=O)c(OC)c1. The molecule has 1 saturated heterocycles. The highest BCUT2D eigenvalue weighted by molar-refractivity contribution is 8.26. The number of carboxylic acid groups (broad SMARTS) is 2. The van der Waals surface area contributed by atoms with E-state index >= 15 is 0 Å². The summed E-state index contributed by atoms with van der Waals surface area (Å²) in [4.78, 5) is 35.7. The third-order valence-corrected chi connectivity index (χ3v) is 5.09. The normalized spacial score (nSPS) is 16.5. The van der Waals surface area contributed by atoms with Crippen molar-refractivity contribution in [2.24, 2.45) is 0 Å². The molecule has 1 aromatic rings. The molecule has 1 fully saturated rings. The molecule has 27 heavy (non-hydrogen) atoms.